The lowest BCUT2D eigenvalue weighted by Gasteiger charge is -2.20. The number of nitrogens with one attached hydrogen (secondary N) is 2. The van der Waals surface area contributed by atoms with Gasteiger partial charge >= 0.3 is 0 Å². The smallest absolute Gasteiger partial charge is 0.253 e. The Morgan fingerprint density at radius 3 is 2.56 bits per heavy atom. The lowest BCUT2D eigenvalue weighted by atomic mass is 10.0. The highest BCUT2D eigenvalue weighted by molar-refractivity contribution is 6.36. The van der Waals surface area contributed by atoms with E-state index in [1.54, 1.807) is 18.2 Å². The van der Waals surface area contributed by atoms with E-state index < -0.39 is 11.9 Å². The highest BCUT2D eigenvalue weighted by atomic mass is 35.5. The number of carbonyl (C=O) groups excluding carboxylic acids is 2. The zero-order chi connectivity index (χ0) is 18.4. The Bertz CT molecular complexity index is 730. The molecule has 0 spiro atoms. The largest absolute Gasteiger partial charge is 0.467 e. The fourth-order valence-corrected chi connectivity index (χ4v) is 2.82. The summed E-state index contributed by atoms with van der Waals surface area (Å²) in [6.45, 7) is 4.22. The van der Waals surface area contributed by atoms with Gasteiger partial charge in [-0.05, 0) is 42.7 Å². The fourth-order valence-electron chi connectivity index (χ4n) is 2.32. The van der Waals surface area contributed by atoms with Crippen LogP contribution in [0, 0.1) is 5.92 Å². The van der Waals surface area contributed by atoms with Crippen molar-refractivity contribution in [2.45, 2.75) is 32.9 Å². The second-order valence-corrected chi connectivity index (χ2v) is 6.92. The number of hydrogen-bond donors (Lipinski definition) is 2. The highest BCUT2D eigenvalue weighted by Gasteiger charge is 2.23. The minimum Gasteiger partial charge on any atom is -0.467 e. The van der Waals surface area contributed by atoms with E-state index in [1.807, 2.05) is 13.8 Å². The molecule has 2 rings (SSSR count). The van der Waals surface area contributed by atoms with Gasteiger partial charge in [-0.1, -0.05) is 37.0 Å². The van der Waals surface area contributed by atoms with Crippen LogP contribution in [0.4, 0.5) is 0 Å². The van der Waals surface area contributed by atoms with Gasteiger partial charge in [0, 0.05) is 5.02 Å². The summed E-state index contributed by atoms with van der Waals surface area (Å²) < 4.78 is 5.19. The number of rotatable bonds is 7. The molecule has 0 saturated heterocycles. The first kappa shape index (κ1) is 19.3. The molecule has 2 amide bonds. The van der Waals surface area contributed by atoms with Gasteiger partial charge in [0.1, 0.15) is 11.8 Å². The Morgan fingerprint density at radius 2 is 1.96 bits per heavy atom. The van der Waals surface area contributed by atoms with Crippen molar-refractivity contribution in [1.82, 2.24) is 10.6 Å². The maximum Gasteiger partial charge on any atom is 0.253 e. The Kier molecular flexibility index (Phi) is 6.91. The molecule has 1 aromatic heterocycles. The zero-order valence-corrected chi connectivity index (χ0v) is 15.5. The molecule has 1 unspecified atom stereocenters. The van der Waals surface area contributed by atoms with Gasteiger partial charge in [0.25, 0.3) is 5.91 Å². The van der Waals surface area contributed by atoms with Gasteiger partial charge in [-0.15, -0.1) is 0 Å². The molecule has 0 radical (unpaired) electrons. The van der Waals surface area contributed by atoms with Gasteiger partial charge in [-0.25, -0.2) is 0 Å². The van der Waals surface area contributed by atoms with E-state index in [9.17, 15) is 9.59 Å². The van der Waals surface area contributed by atoms with E-state index >= 15 is 0 Å². The predicted octanol–water partition coefficient (Wildman–Crippen LogP) is 4.05. The maximum absolute atomic E-state index is 12.5. The van der Waals surface area contributed by atoms with Gasteiger partial charge in [0.2, 0.25) is 5.91 Å². The number of benzene rings is 1. The first-order valence-electron chi connectivity index (χ1n) is 7.93. The number of hydrogen-bond acceptors (Lipinski definition) is 3. The first-order valence-corrected chi connectivity index (χ1v) is 8.68. The maximum atomic E-state index is 12.5. The number of halogens is 2. The van der Waals surface area contributed by atoms with Crippen molar-refractivity contribution in [3.8, 4) is 0 Å². The highest BCUT2D eigenvalue weighted by Crippen LogP contribution is 2.21. The molecule has 1 heterocycles. The van der Waals surface area contributed by atoms with E-state index in [0.717, 1.165) is 0 Å². The lowest BCUT2D eigenvalue weighted by Crippen LogP contribution is -2.47. The van der Waals surface area contributed by atoms with Crippen LogP contribution < -0.4 is 10.6 Å². The quantitative estimate of drug-likeness (QED) is 0.758. The topological polar surface area (TPSA) is 71.3 Å². The summed E-state index contributed by atoms with van der Waals surface area (Å²) in [5.41, 5.74) is 0.277. The predicted molar refractivity (Wildman–Crippen MR) is 97.7 cm³/mol. The van der Waals surface area contributed by atoms with Crippen molar-refractivity contribution in [2.24, 2.45) is 5.92 Å². The summed E-state index contributed by atoms with van der Waals surface area (Å²) in [4.78, 5) is 24.9. The van der Waals surface area contributed by atoms with Crippen molar-refractivity contribution in [3.05, 3.63) is 58.0 Å². The normalized spacial score (nSPS) is 12.0. The van der Waals surface area contributed by atoms with Crippen molar-refractivity contribution < 1.29 is 14.0 Å². The fraction of sp³-hybridized carbons (Fsp3) is 0.333. The molecule has 5 nitrogen and oxygen atoms in total. The molecule has 1 aromatic carbocycles. The summed E-state index contributed by atoms with van der Waals surface area (Å²) in [5, 5.41) is 6.20. The molecule has 25 heavy (non-hydrogen) atoms. The number of amides is 2. The third-order valence-electron chi connectivity index (χ3n) is 3.52. The Balaban J connectivity index is 2.05. The van der Waals surface area contributed by atoms with Crippen LogP contribution in [-0.2, 0) is 11.3 Å². The average molecular weight is 383 g/mol. The van der Waals surface area contributed by atoms with E-state index in [2.05, 4.69) is 10.6 Å². The van der Waals surface area contributed by atoms with Crippen LogP contribution in [0.3, 0.4) is 0 Å². The van der Waals surface area contributed by atoms with Gasteiger partial charge in [-0.2, -0.15) is 0 Å². The standard InChI is InChI=1S/C18H20Cl2N2O3/c1-11(2)8-16(18(24)21-10-13-4-3-7-25-13)22-17(23)14-6-5-12(19)9-15(14)20/h3-7,9,11,16H,8,10H2,1-2H3,(H,21,24)(H,22,23). The lowest BCUT2D eigenvalue weighted by molar-refractivity contribution is -0.123. The molecule has 0 aliphatic heterocycles. The van der Waals surface area contributed by atoms with Crippen LogP contribution >= 0.6 is 23.2 Å². The molecule has 0 saturated carbocycles. The van der Waals surface area contributed by atoms with Gasteiger partial charge in [-0.3, -0.25) is 9.59 Å². The van der Waals surface area contributed by atoms with Crippen LogP contribution in [-0.4, -0.2) is 17.9 Å². The summed E-state index contributed by atoms with van der Waals surface area (Å²) in [7, 11) is 0. The van der Waals surface area contributed by atoms with E-state index in [1.165, 1.54) is 18.4 Å². The monoisotopic (exact) mass is 382 g/mol. The molecule has 0 fully saturated rings. The van der Waals surface area contributed by atoms with Crippen molar-refractivity contribution in [3.63, 3.8) is 0 Å². The van der Waals surface area contributed by atoms with E-state index in [-0.39, 0.29) is 29.0 Å². The van der Waals surface area contributed by atoms with Gasteiger partial charge in [0.05, 0.1) is 23.4 Å². The van der Waals surface area contributed by atoms with E-state index in [4.69, 9.17) is 27.6 Å². The second-order valence-electron chi connectivity index (χ2n) is 6.08. The van der Waals surface area contributed by atoms with Crippen molar-refractivity contribution >= 4 is 35.0 Å². The molecule has 2 N–H and O–H groups in total. The molecular weight excluding hydrogens is 363 g/mol. The molecule has 134 valence electrons. The number of carbonyl (C=O) groups is 2. The van der Waals surface area contributed by atoms with Crippen LogP contribution in [0.2, 0.25) is 10.0 Å². The molecule has 2 aromatic rings. The second kappa shape index (κ2) is 8.92. The van der Waals surface area contributed by atoms with Crippen LogP contribution in [0.5, 0.6) is 0 Å². The van der Waals surface area contributed by atoms with Gasteiger partial charge < -0.3 is 15.1 Å². The summed E-state index contributed by atoms with van der Waals surface area (Å²) in [6.07, 6.45) is 2.04. The summed E-state index contributed by atoms with van der Waals surface area (Å²) in [5.74, 6) is 0.174. The Labute approximate surface area is 156 Å². The SMILES string of the molecule is CC(C)CC(NC(=O)c1ccc(Cl)cc1Cl)C(=O)NCc1ccco1. The Morgan fingerprint density at radius 1 is 1.20 bits per heavy atom. The van der Waals surface area contributed by atoms with Crippen molar-refractivity contribution in [2.75, 3.05) is 0 Å². The van der Waals surface area contributed by atoms with Gasteiger partial charge in [0.15, 0.2) is 0 Å². The minimum absolute atomic E-state index is 0.223. The molecule has 7 heteroatoms. The number of furan rings is 1. The third kappa shape index (κ3) is 5.80. The average Bonchev–Trinajstić information content (AvgIpc) is 3.04. The van der Waals surface area contributed by atoms with Crippen LogP contribution in [0.15, 0.2) is 41.0 Å². The Hall–Kier alpha value is -1.98. The first-order chi connectivity index (χ1) is 11.9. The third-order valence-corrected chi connectivity index (χ3v) is 4.07. The molecule has 0 aliphatic rings. The van der Waals surface area contributed by atoms with Crippen LogP contribution in [0.1, 0.15) is 36.4 Å². The molecule has 0 bridgehead atoms. The zero-order valence-electron chi connectivity index (χ0n) is 14.0. The van der Waals surface area contributed by atoms with E-state index in [0.29, 0.717) is 17.2 Å². The molecule has 0 aliphatic carbocycles. The molecular formula is C18H20Cl2N2O3. The summed E-state index contributed by atoms with van der Waals surface area (Å²) >= 11 is 11.9. The minimum atomic E-state index is -0.672. The molecule has 1 atom stereocenters. The van der Waals surface area contributed by atoms with Crippen LogP contribution in [0.25, 0.3) is 0 Å². The summed E-state index contributed by atoms with van der Waals surface area (Å²) in [6, 6.07) is 7.45. The van der Waals surface area contributed by atoms with Crippen molar-refractivity contribution in [1.29, 1.82) is 0 Å².